The molecule has 0 unspecified atom stereocenters. The van der Waals surface area contributed by atoms with Crippen LogP contribution in [0.4, 0.5) is 0 Å². The summed E-state index contributed by atoms with van der Waals surface area (Å²) in [4.78, 5) is 0. The molecule has 0 aromatic carbocycles. The maximum atomic E-state index is 5.27. The fourth-order valence-corrected chi connectivity index (χ4v) is 0.994. The summed E-state index contributed by atoms with van der Waals surface area (Å²) < 4.78 is 5.27. The van der Waals surface area contributed by atoms with Crippen molar-refractivity contribution in [2.24, 2.45) is 5.92 Å². The number of rotatable bonds is 5. The van der Waals surface area contributed by atoms with Crippen molar-refractivity contribution in [1.29, 1.82) is 0 Å². The minimum absolute atomic E-state index is 0.243. The van der Waals surface area contributed by atoms with Crippen LogP contribution in [0.5, 0.6) is 0 Å². The predicted octanol–water partition coefficient (Wildman–Crippen LogP) is 1.12. The summed E-state index contributed by atoms with van der Waals surface area (Å²) >= 11 is 0. The average Bonchev–Trinajstić information content (AvgIpc) is 1.91. The predicted molar refractivity (Wildman–Crippen MR) is 44.2 cm³/mol. The summed E-state index contributed by atoms with van der Waals surface area (Å²) in [6.07, 6.45) is 3.72. The Morgan fingerprint density at radius 2 is 2.11 bits per heavy atom. The number of hydrogen-bond donors (Lipinski definition) is 0. The zero-order valence-corrected chi connectivity index (χ0v) is 7.38. The van der Waals surface area contributed by atoms with Gasteiger partial charge in [-0.2, -0.15) is 0 Å². The van der Waals surface area contributed by atoms with Crippen LogP contribution in [0.25, 0.3) is 0 Å². The zero-order chi connectivity index (χ0) is 7.11. The van der Waals surface area contributed by atoms with Crippen LogP contribution in [-0.2, 0) is 4.43 Å². The minimum atomic E-state index is -0.243. The Morgan fingerprint density at radius 1 is 1.56 bits per heavy atom. The summed E-state index contributed by atoms with van der Waals surface area (Å²) in [5.74, 6) is 0.345. The first-order chi connectivity index (χ1) is 4.35. The van der Waals surface area contributed by atoms with Crippen molar-refractivity contribution in [3.63, 3.8) is 0 Å². The molecule has 0 atom stereocenters. The van der Waals surface area contributed by atoms with Gasteiger partial charge in [-0.25, -0.2) is 0 Å². The monoisotopic (exact) mass is 142 g/mol. The van der Waals surface area contributed by atoms with Crippen molar-refractivity contribution in [2.45, 2.75) is 6.55 Å². The molecule has 0 fully saturated rings. The topological polar surface area (TPSA) is 9.23 Å². The second-order valence-electron chi connectivity index (χ2n) is 1.79. The first kappa shape index (κ1) is 8.66. The van der Waals surface area contributed by atoms with Gasteiger partial charge in [0.1, 0.15) is 0 Å². The van der Waals surface area contributed by atoms with Crippen LogP contribution < -0.4 is 0 Å². The quantitative estimate of drug-likeness (QED) is 0.413. The Kier molecular flexibility index (Phi) is 5.57. The van der Waals surface area contributed by atoms with Gasteiger partial charge in [-0.3, -0.25) is 0 Å². The van der Waals surface area contributed by atoms with Crippen molar-refractivity contribution in [3.8, 4) is 0 Å². The smallest absolute Gasteiger partial charge is 0.158 e. The first-order valence-electron chi connectivity index (χ1n) is 3.18. The molecule has 0 heterocycles. The van der Waals surface area contributed by atoms with Gasteiger partial charge < -0.3 is 4.43 Å². The lowest BCUT2D eigenvalue weighted by Crippen LogP contribution is -2.04. The van der Waals surface area contributed by atoms with Crippen molar-refractivity contribution in [1.82, 2.24) is 0 Å². The Hall–Kier alpha value is -0.343. The van der Waals surface area contributed by atoms with Gasteiger partial charge in [0, 0.05) is 12.5 Å². The summed E-state index contributed by atoms with van der Waals surface area (Å²) in [5, 5.41) is 0. The van der Waals surface area contributed by atoms with Gasteiger partial charge in [-0.1, -0.05) is 18.7 Å². The van der Waals surface area contributed by atoms with Gasteiger partial charge in [0.05, 0.1) is 0 Å². The van der Waals surface area contributed by atoms with Crippen molar-refractivity contribution >= 4 is 9.76 Å². The fraction of sp³-hybridized carbons (Fsp3) is 0.429. The molecular formula is C7H14OSi. The molecule has 2 heteroatoms. The molecule has 0 amide bonds. The van der Waals surface area contributed by atoms with Gasteiger partial charge in [0.25, 0.3) is 0 Å². The van der Waals surface area contributed by atoms with Crippen LogP contribution >= 0.6 is 0 Å². The second kappa shape index (κ2) is 5.79. The van der Waals surface area contributed by atoms with Crippen LogP contribution in [0.3, 0.4) is 0 Å². The van der Waals surface area contributed by atoms with Gasteiger partial charge in [-0.05, 0) is 0 Å². The normalized spacial score (nSPS) is 10.9. The third-order valence-corrected chi connectivity index (χ3v) is 1.76. The molecule has 9 heavy (non-hydrogen) atoms. The molecule has 0 aromatic heterocycles. The van der Waals surface area contributed by atoms with Crippen molar-refractivity contribution < 1.29 is 4.43 Å². The standard InChI is InChI=1S/C7H14OSi/c1-4-7(5-2)6-8-9-3/h4-5,7H,1-2,6,9H2,3H3. The molecule has 0 N–H and O–H groups in total. The zero-order valence-electron chi connectivity index (χ0n) is 5.97. The molecule has 0 aliphatic rings. The van der Waals surface area contributed by atoms with E-state index in [2.05, 4.69) is 19.7 Å². The largest absolute Gasteiger partial charge is 0.423 e. The van der Waals surface area contributed by atoms with E-state index in [9.17, 15) is 0 Å². The van der Waals surface area contributed by atoms with Crippen molar-refractivity contribution in [2.75, 3.05) is 6.61 Å². The second-order valence-corrected chi connectivity index (χ2v) is 2.78. The van der Waals surface area contributed by atoms with E-state index in [1.807, 2.05) is 12.2 Å². The summed E-state index contributed by atoms with van der Waals surface area (Å²) in [5.41, 5.74) is 0. The van der Waals surface area contributed by atoms with E-state index >= 15 is 0 Å². The lowest BCUT2D eigenvalue weighted by Gasteiger charge is -2.05. The van der Waals surface area contributed by atoms with Crippen LogP contribution in [0.15, 0.2) is 25.3 Å². The third-order valence-electron chi connectivity index (χ3n) is 1.12. The Bertz CT molecular complexity index is 82.9. The van der Waals surface area contributed by atoms with E-state index in [1.165, 1.54) is 0 Å². The van der Waals surface area contributed by atoms with E-state index in [0.717, 1.165) is 6.61 Å². The van der Waals surface area contributed by atoms with E-state index < -0.39 is 0 Å². The van der Waals surface area contributed by atoms with E-state index in [4.69, 9.17) is 4.43 Å². The molecule has 0 aromatic rings. The van der Waals surface area contributed by atoms with E-state index in [0.29, 0.717) is 5.92 Å². The van der Waals surface area contributed by atoms with Gasteiger partial charge in [0.2, 0.25) is 0 Å². The maximum absolute atomic E-state index is 5.27. The van der Waals surface area contributed by atoms with E-state index in [1.54, 1.807) is 0 Å². The van der Waals surface area contributed by atoms with Crippen LogP contribution in [0, 0.1) is 5.92 Å². The van der Waals surface area contributed by atoms with E-state index in [-0.39, 0.29) is 9.76 Å². The Labute approximate surface area is 59.4 Å². The average molecular weight is 142 g/mol. The van der Waals surface area contributed by atoms with Gasteiger partial charge >= 0.3 is 0 Å². The molecule has 0 radical (unpaired) electrons. The first-order valence-corrected chi connectivity index (χ1v) is 5.17. The Balaban J connectivity index is 3.30. The van der Waals surface area contributed by atoms with Crippen LogP contribution in [-0.4, -0.2) is 16.4 Å². The van der Waals surface area contributed by atoms with Gasteiger partial charge in [0.15, 0.2) is 9.76 Å². The maximum Gasteiger partial charge on any atom is 0.158 e. The fourth-order valence-electron chi connectivity index (χ4n) is 0.486. The minimum Gasteiger partial charge on any atom is -0.423 e. The molecule has 0 rings (SSSR count). The third kappa shape index (κ3) is 4.18. The molecule has 0 bridgehead atoms. The lowest BCUT2D eigenvalue weighted by molar-refractivity contribution is 0.316. The highest BCUT2D eigenvalue weighted by molar-refractivity contribution is 6.24. The molecule has 1 nitrogen and oxygen atoms in total. The molecular weight excluding hydrogens is 128 g/mol. The SMILES string of the molecule is C=CC(C=C)CO[SiH2]C. The lowest BCUT2D eigenvalue weighted by atomic mass is 10.2. The number of hydrogen-bond acceptors (Lipinski definition) is 1. The summed E-state index contributed by atoms with van der Waals surface area (Å²) in [7, 11) is -0.243. The summed E-state index contributed by atoms with van der Waals surface area (Å²) in [6.45, 7) is 10.2. The Morgan fingerprint density at radius 3 is 2.44 bits per heavy atom. The molecule has 0 saturated heterocycles. The highest BCUT2D eigenvalue weighted by Gasteiger charge is 1.94. The summed E-state index contributed by atoms with van der Waals surface area (Å²) in [6, 6.07) is 0. The van der Waals surface area contributed by atoms with Crippen LogP contribution in [0.1, 0.15) is 0 Å². The highest BCUT2D eigenvalue weighted by atomic mass is 28.2. The van der Waals surface area contributed by atoms with Gasteiger partial charge in [-0.15, -0.1) is 13.2 Å². The highest BCUT2D eigenvalue weighted by Crippen LogP contribution is 1.97. The molecule has 0 aliphatic carbocycles. The van der Waals surface area contributed by atoms with Crippen LogP contribution in [0.2, 0.25) is 6.55 Å². The molecule has 52 valence electrons. The molecule has 0 saturated carbocycles. The van der Waals surface area contributed by atoms with Crippen molar-refractivity contribution in [3.05, 3.63) is 25.3 Å². The molecule has 0 spiro atoms. The molecule has 0 aliphatic heterocycles.